The predicted molar refractivity (Wildman–Crippen MR) is 162 cm³/mol. The van der Waals surface area contributed by atoms with Crippen molar-refractivity contribution in [3.05, 3.63) is 71.4 Å². The van der Waals surface area contributed by atoms with Gasteiger partial charge in [-0.15, -0.1) is 0 Å². The van der Waals surface area contributed by atoms with Crippen molar-refractivity contribution in [3.8, 4) is 0 Å². The van der Waals surface area contributed by atoms with Gasteiger partial charge in [0.1, 0.15) is 12.1 Å². The van der Waals surface area contributed by atoms with Gasteiger partial charge in [-0.1, -0.05) is 50.2 Å². The van der Waals surface area contributed by atoms with Gasteiger partial charge >= 0.3 is 0 Å². The van der Waals surface area contributed by atoms with E-state index in [9.17, 15) is 19.2 Å². The number of fused-ring (bicyclic) bond motifs is 3. The minimum Gasteiger partial charge on any atom is -0.361 e. The Kier molecular flexibility index (Phi) is 8.94. The molecule has 42 heavy (non-hydrogen) atoms. The Labute approximate surface area is 247 Å². The van der Waals surface area contributed by atoms with E-state index in [1.165, 1.54) is 4.90 Å². The van der Waals surface area contributed by atoms with Gasteiger partial charge in [-0.25, -0.2) is 0 Å². The summed E-state index contributed by atoms with van der Waals surface area (Å²) in [7, 11) is 0. The summed E-state index contributed by atoms with van der Waals surface area (Å²) in [6, 6.07) is 15.2. The monoisotopic (exact) mass is 571 g/mol. The van der Waals surface area contributed by atoms with Gasteiger partial charge in [0.25, 0.3) is 5.91 Å². The fourth-order valence-corrected chi connectivity index (χ4v) is 6.14. The van der Waals surface area contributed by atoms with Crippen LogP contribution in [0.2, 0.25) is 0 Å². The number of rotatable bonds is 4. The van der Waals surface area contributed by atoms with Crippen molar-refractivity contribution in [1.82, 2.24) is 25.4 Å². The maximum Gasteiger partial charge on any atom is 0.256 e. The fourth-order valence-electron chi connectivity index (χ4n) is 6.14. The zero-order valence-corrected chi connectivity index (χ0v) is 24.6. The lowest BCUT2D eigenvalue weighted by Crippen LogP contribution is -2.60. The maximum atomic E-state index is 13.8. The average Bonchev–Trinajstić information content (AvgIpc) is 3.47. The fraction of sp³-hybridized carbons (Fsp3) is 0.455. The van der Waals surface area contributed by atoms with E-state index >= 15 is 0 Å². The van der Waals surface area contributed by atoms with Crippen LogP contribution in [0.4, 0.5) is 0 Å². The Bertz CT molecular complexity index is 1460. The van der Waals surface area contributed by atoms with Crippen molar-refractivity contribution in [2.24, 2.45) is 5.92 Å². The number of amides is 4. The van der Waals surface area contributed by atoms with E-state index in [-0.39, 0.29) is 36.7 Å². The molecule has 1 aliphatic heterocycles. The van der Waals surface area contributed by atoms with Gasteiger partial charge in [0.15, 0.2) is 0 Å². The largest absolute Gasteiger partial charge is 0.361 e. The van der Waals surface area contributed by atoms with Crippen molar-refractivity contribution in [3.63, 3.8) is 0 Å². The molecule has 4 amide bonds. The second kappa shape index (κ2) is 12.8. The van der Waals surface area contributed by atoms with E-state index in [0.29, 0.717) is 56.8 Å². The van der Waals surface area contributed by atoms with Gasteiger partial charge in [0.05, 0.1) is 17.6 Å². The summed E-state index contributed by atoms with van der Waals surface area (Å²) in [5.41, 5.74) is 1.93. The van der Waals surface area contributed by atoms with Crippen molar-refractivity contribution >= 4 is 34.5 Å². The van der Waals surface area contributed by atoms with Crippen LogP contribution in [0.25, 0.3) is 10.9 Å². The van der Waals surface area contributed by atoms with Gasteiger partial charge < -0.3 is 25.4 Å². The molecule has 1 saturated heterocycles. The van der Waals surface area contributed by atoms with E-state index in [1.54, 1.807) is 17.2 Å². The van der Waals surface area contributed by atoms with E-state index in [1.807, 2.05) is 42.5 Å². The summed E-state index contributed by atoms with van der Waals surface area (Å²) in [6.45, 7) is 4.98. The number of carbonyl (C=O) groups excluding carboxylic acids is 4. The summed E-state index contributed by atoms with van der Waals surface area (Å²) in [4.78, 5) is 61.3. The number of aromatic nitrogens is 1. The molecule has 1 atom stereocenters. The third-order valence-corrected chi connectivity index (χ3v) is 8.45. The molecular formula is C33H41N5O4. The zero-order valence-electron chi connectivity index (χ0n) is 24.6. The molecule has 2 aromatic carbocycles. The zero-order chi connectivity index (χ0) is 29.7. The summed E-state index contributed by atoms with van der Waals surface area (Å²) in [5, 5.41) is 7.07. The molecule has 0 bridgehead atoms. The van der Waals surface area contributed by atoms with Crippen LogP contribution >= 0.6 is 0 Å². The average molecular weight is 572 g/mol. The molecule has 1 fully saturated rings. The van der Waals surface area contributed by atoms with Gasteiger partial charge in [0, 0.05) is 31.2 Å². The summed E-state index contributed by atoms with van der Waals surface area (Å²) in [5.74, 6) is -0.813. The predicted octanol–water partition coefficient (Wildman–Crippen LogP) is 3.74. The standard InChI is InChI=1S/C33H41N5O4/c1-23(2)15-20-37-21-28(39)36-33(16-8-11-24-9-3-4-13-27(24)33)32(42)35-17-5-6-19-38(22-29(37)40)31(41)26-12-7-10-25-14-18-34-30(25)26/h3-4,7,9-10,12-14,18,23,34H,5-6,8,11,15-17,19-22H2,1-2H3,(H,35,42)(H,36,39). The molecule has 2 heterocycles. The van der Waals surface area contributed by atoms with Crippen molar-refractivity contribution in [2.45, 2.75) is 57.9 Å². The summed E-state index contributed by atoms with van der Waals surface area (Å²) in [6.07, 6.45) is 5.85. The molecule has 9 nitrogen and oxygen atoms in total. The topological polar surface area (TPSA) is 115 Å². The van der Waals surface area contributed by atoms with E-state index in [4.69, 9.17) is 0 Å². The number of nitrogens with zero attached hydrogens (tertiary/aromatic N) is 2. The van der Waals surface area contributed by atoms with Crippen LogP contribution in [0.3, 0.4) is 0 Å². The second-order valence-electron chi connectivity index (χ2n) is 11.9. The molecule has 0 saturated carbocycles. The molecule has 1 aromatic heterocycles. The van der Waals surface area contributed by atoms with Gasteiger partial charge in [-0.05, 0) is 67.7 Å². The molecule has 1 unspecified atom stereocenters. The minimum atomic E-state index is -1.18. The van der Waals surface area contributed by atoms with Crippen LogP contribution in [0.5, 0.6) is 0 Å². The first kappa shape index (κ1) is 29.4. The lowest BCUT2D eigenvalue weighted by atomic mass is 9.75. The Morgan fingerprint density at radius 3 is 2.64 bits per heavy atom. The number of hydrogen-bond acceptors (Lipinski definition) is 4. The number of para-hydroxylation sites is 1. The normalized spacial score (nSPS) is 20.8. The Hall–Kier alpha value is -4.14. The highest BCUT2D eigenvalue weighted by molar-refractivity contribution is 6.06. The lowest BCUT2D eigenvalue weighted by Gasteiger charge is -2.39. The third-order valence-electron chi connectivity index (χ3n) is 8.45. The van der Waals surface area contributed by atoms with Crippen LogP contribution in [-0.2, 0) is 26.3 Å². The van der Waals surface area contributed by atoms with Crippen LogP contribution in [0.15, 0.2) is 54.7 Å². The van der Waals surface area contributed by atoms with Gasteiger partial charge in [-0.2, -0.15) is 0 Å². The van der Waals surface area contributed by atoms with E-state index in [2.05, 4.69) is 29.5 Å². The molecule has 222 valence electrons. The first-order chi connectivity index (χ1) is 20.3. The molecule has 2 aliphatic rings. The number of hydrogen-bond donors (Lipinski definition) is 3. The minimum absolute atomic E-state index is 0.123. The van der Waals surface area contributed by atoms with Crippen molar-refractivity contribution < 1.29 is 19.2 Å². The quantitative estimate of drug-likeness (QED) is 0.443. The van der Waals surface area contributed by atoms with Gasteiger partial charge in [-0.3, -0.25) is 19.2 Å². The Morgan fingerprint density at radius 1 is 0.976 bits per heavy atom. The molecule has 1 spiro atoms. The highest BCUT2D eigenvalue weighted by atomic mass is 16.2. The number of H-pyrrole nitrogens is 1. The molecule has 1 aliphatic carbocycles. The molecule has 3 aromatic rings. The smallest absolute Gasteiger partial charge is 0.256 e. The van der Waals surface area contributed by atoms with E-state index < -0.39 is 5.54 Å². The third kappa shape index (κ3) is 6.20. The van der Waals surface area contributed by atoms with Crippen molar-refractivity contribution in [2.75, 3.05) is 32.7 Å². The van der Waals surface area contributed by atoms with Crippen LogP contribution < -0.4 is 10.6 Å². The highest BCUT2D eigenvalue weighted by Gasteiger charge is 2.44. The van der Waals surface area contributed by atoms with E-state index in [0.717, 1.165) is 34.9 Å². The van der Waals surface area contributed by atoms with Crippen LogP contribution in [-0.4, -0.2) is 71.1 Å². The lowest BCUT2D eigenvalue weighted by molar-refractivity contribution is -0.139. The molecule has 5 rings (SSSR count). The van der Waals surface area contributed by atoms with Crippen LogP contribution in [0.1, 0.15) is 67.4 Å². The molecule has 3 N–H and O–H groups in total. The van der Waals surface area contributed by atoms with Gasteiger partial charge in [0.2, 0.25) is 17.7 Å². The summed E-state index contributed by atoms with van der Waals surface area (Å²) >= 11 is 0. The number of carbonyl (C=O) groups is 4. The Balaban J connectivity index is 1.44. The molecular weight excluding hydrogens is 530 g/mol. The number of benzene rings is 2. The molecule has 0 radical (unpaired) electrons. The number of aromatic amines is 1. The summed E-state index contributed by atoms with van der Waals surface area (Å²) < 4.78 is 0. The maximum absolute atomic E-state index is 13.8. The SMILES string of the molecule is CC(C)CCN1CC(=O)NC2(CCCc3ccccc32)C(=O)NCCCCN(C(=O)c2cccc3cc[nH]c23)CC1=O. The first-order valence-corrected chi connectivity index (χ1v) is 15.1. The second-order valence-corrected chi connectivity index (χ2v) is 11.9. The number of aryl methyl sites for hydroxylation is 1. The van der Waals surface area contributed by atoms with Crippen LogP contribution in [0, 0.1) is 5.92 Å². The van der Waals surface area contributed by atoms with Crippen molar-refractivity contribution in [1.29, 1.82) is 0 Å². The highest BCUT2D eigenvalue weighted by Crippen LogP contribution is 2.36. The Morgan fingerprint density at radius 2 is 1.81 bits per heavy atom. The molecule has 9 heteroatoms. The number of nitrogens with one attached hydrogen (secondary N) is 3. The first-order valence-electron chi connectivity index (χ1n) is 15.1.